The molecule has 1 saturated heterocycles. The zero-order valence-corrected chi connectivity index (χ0v) is 22.6. The maximum absolute atomic E-state index is 13.5. The van der Waals surface area contributed by atoms with Gasteiger partial charge in [0.25, 0.3) is 0 Å². The molecule has 9 atom stereocenters. The quantitative estimate of drug-likeness (QED) is 0.349. The van der Waals surface area contributed by atoms with E-state index in [1.807, 2.05) is 6.92 Å². The number of carbonyl (C=O) groups is 2. The van der Waals surface area contributed by atoms with Crippen LogP contribution in [0.5, 0.6) is 0 Å². The third kappa shape index (κ3) is 3.39. The average Bonchev–Trinajstić information content (AvgIpc) is 3.40. The maximum atomic E-state index is 13.5. The first-order valence-corrected chi connectivity index (χ1v) is 13.8. The fourth-order valence-electron chi connectivity index (χ4n) is 9.02. The Morgan fingerprint density at radius 3 is 2.75 bits per heavy atom. The van der Waals surface area contributed by atoms with Crippen LogP contribution in [-0.2, 0) is 23.9 Å². The minimum absolute atomic E-state index is 0.00318. The molecule has 5 aliphatic rings. The third-order valence-corrected chi connectivity index (χ3v) is 10.5. The van der Waals surface area contributed by atoms with Gasteiger partial charge in [-0.05, 0) is 55.8 Å². The second-order valence-corrected chi connectivity index (χ2v) is 12.8. The van der Waals surface area contributed by atoms with Crippen molar-refractivity contribution in [2.24, 2.45) is 45.8 Å². The number of halogens is 1. The van der Waals surface area contributed by atoms with Crippen LogP contribution in [0.25, 0.3) is 0 Å². The van der Waals surface area contributed by atoms with Gasteiger partial charge < -0.3 is 19.4 Å². The highest BCUT2D eigenvalue weighted by molar-refractivity contribution is 6.29. The summed E-state index contributed by atoms with van der Waals surface area (Å²) in [4.78, 5) is 32.4. The first kappa shape index (κ1) is 26.4. The molecular formula is C28H40ClNO6. The number of aldehydes is 1. The van der Waals surface area contributed by atoms with Crippen molar-refractivity contribution < 1.29 is 29.0 Å². The summed E-state index contributed by atoms with van der Waals surface area (Å²) in [5.74, 6) is 0.0985. The molecule has 8 heteroatoms. The number of carbonyl (C=O) groups excluding carboxylic acids is 1. The van der Waals surface area contributed by atoms with Crippen molar-refractivity contribution in [3.05, 3.63) is 23.3 Å². The number of hydroxylamine groups is 2. The summed E-state index contributed by atoms with van der Waals surface area (Å²) in [6.07, 6.45) is 6.03. The van der Waals surface area contributed by atoms with Crippen molar-refractivity contribution in [3.8, 4) is 0 Å². The maximum Gasteiger partial charge on any atom is 0.315 e. The van der Waals surface area contributed by atoms with Crippen LogP contribution in [0.15, 0.2) is 23.3 Å². The number of hydrogen-bond acceptors (Lipinski definition) is 6. The lowest BCUT2D eigenvalue weighted by atomic mass is 9.43. The minimum atomic E-state index is -1.24. The van der Waals surface area contributed by atoms with Crippen LogP contribution in [-0.4, -0.2) is 61.1 Å². The predicted molar refractivity (Wildman–Crippen MR) is 135 cm³/mol. The van der Waals surface area contributed by atoms with E-state index in [4.69, 9.17) is 25.9 Å². The van der Waals surface area contributed by atoms with Gasteiger partial charge in [-0.1, -0.05) is 57.0 Å². The highest BCUT2D eigenvalue weighted by atomic mass is 35.5. The Bertz CT molecular complexity index is 968. The summed E-state index contributed by atoms with van der Waals surface area (Å²) < 4.78 is 12.5. The molecule has 3 saturated carbocycles. The number of morpholine rings is 1. The standard InChI is InChI=1S/C28H40ClNO6/c1-16(2)23-8-20-9-26(14-31)22-7-6-17(3)21(22)10-27(20,28(23,26)25(32)33)15-35-24-11-30(19(5)13-34-24)36-12-18(4)29/h8,14,16-17,19-22,24H,4,6-7,9-13,15H2,1-3,5H3,(H,32,33)/t17-,19-,20+,21-,22-,24+,26+,27+,28+/m1/s1. The van der Waals surface area contributed by atoms with Gasteiger partial charge in [-0.3, -0.25) is 9.63 Å². The van der Waals surface area contributed by atoms with Gasteiger partial charge in [0, 0.05) is 10.4 Å². The van der Waals surface area contributed by atoms with Crippen molar-refractivity contribution in [2.45, 2.75) is 65.7 Å². The number of fused-ring (bicyclic) bond motifs is 2. The van der Waals surface area contributed by atoms with Crippen LogP contribution in [0.4, 0.5) is 0 Å². The van der Waals surface area contributed by atoms with E-state index in [9.17, 15) is 14.7 Å². The number of allylic oxidation sites excluding steroid dienone is 1. The van der Waals surface area contributed by atoms with Crippen molar-refractivity contribution >= 4 is 23.9 Å². The van der Waals surface area contributed by atoms with Gasteiger partial charge in [0.1, 0.15) is 18.3 Å². The van der Waals surface area contributed by atoms with E-state index in [2.05, 4.69) is 33.4 Å². The Morgan fingerprint density at radius 2 is 2.11 bits per heavy atom. The summed E-state index contributed by atoms with van der Waals surface area (Å²) in [6, 6.07) is 0.0266. The van der Waals surface area contributed by atoms with Gasteiger partial charge in [0.15, 0.2) is 6.29 Å². The van der Waals surface area contributed by atoms with Crippen LogP contribution in [0.1, 0.15) is 53.4 Å². The number of carboxylic acids is 1. The van der Waals surface area contributed by atoms with Crippen LogP contribution < -0.4 is 0 Å². The molecular weight excluding hydrogens is 482 g/mol. The fraction of sp³-hybridized carbons (Fsp3) is 0.786. The smallest absolute Gasteiger partial charge is 0.315 e. The van der Waals surface area contributed by atoms with Crippen molar-refractivity contribution in [3.63, 3.8) is 0 Å². The van der Waals surface area contributed by atoms with Crippen molar-refractivity contribution in [1.82, 2.24) is 5.06 Å². The Morgan fingerprint density at radius 1 is 1.36 bits per heavy atom. The molecule has 0 unspecified atom stereocenters. The molecule has 0 aromatic carbocycles. The van der Waals surface area contributed by atoms with Crippen LogP contribution in [0.2, 0.25) is 0 Å². The Kier molecular flexibility index (Phi) is 6.73. The minimum Gasteiger partial charge on any atom is -0.481 e. The van der Waals surface area contributed by atoms with Crippen molar-refractivity contribution in [1.29, 1.82) is 0 Å². The topological polar surface area (TPSA) is 85.3 Å². The Balaban J connectivity index is 1.49. The molecule has 36 heavy (non-hydrogen) atoms. The number of aliphatic carboxylic acids is 1. The Labute approximate surface area is 219 Å². The molecule has 0 amide bonds. The molecule has 200 valence electrons. The van der Waals surface area contributed by atoms with E-state index >= 15 is 0 Å². The molecule has 1 aliphatic heterocycles. The summed E-state index contributed by atoms with van der Waals surface area (Å²) in [6.45, 7) is 13.3. The highest BCUT2D eigenvalue weighted by Crippen LogP contribution is 2.82. The van der Waals surface area contributed by atoms with Crippen LogP contribution in [0.3, 0.4) is 0 Å². The molecule has 7 nitrogen and oxygen atoms in total. The normalized spacial score (nSPS) is 45.6. The number of carboxylic acid groups (broad SMARTS) is 1. The molecule has 0 radical (unpaired) electrons. The van der Waals surface area contributed by atoms with Crippen LogP contribution in [0, 0.1) is 45.8 Å². The summed E-state index contributed by atoms with van der Waals surface area (Å²) >= 11 is 5.89. The fourth-order valence-corrected chi connectivity index (χ4v) is 9.07. The first-order valence-electron chi connectivity index (χ1n) is 13.4. The van der Waals surface area contributed by atoms with E-state index in [1.54, 1.807) is 5.06 Å². The number of rotatable bonds is 9. The van der Waals surface area contributed by atoms with Gasteiger partial charge in [-0.2, -0.15) is 5.06 Å². The molecule has 5 rings (SSSR count). The van der Waals surface area contributed by atoms with E-state index in [0.29, 0.717) is 36.4 Å². The summed E-state index contributed by atoms with van der Waals surface area (Å²) in [5.41, 5.74) is -1.86. The zero-order chi connectivity index (χ0) is 26.0. The molecule has 0 spiro atoms. The number of hydrogen-bond donors (Lipinski definition) is 1. The molecule has 4 aliphatic carbocycles. The SMILES string of the molecule is C=C(Cl)CON1C[C@H](OC[C@@]23C[C@@H]4[C@H](C)CC[C@H]4[C@@]4(C=O)C[C@@H]2C=C(C(C)C)[C@@]34C(=O)O)OC[C@H]1C. The first-order chi connectivity index (χ1) is 17.0. The molecule has 1 heterocycles. The second kappa shape index (κ2) is 9.19. The highest BCUT2D eigenvalue weighted by Gasteiger charge is 2.84. The monoisotopic (exact) mass is 521 g/mol. The lowest BCUT2D eigenvalue weighted by Gasteiger charge is -2.58. The molecule has 1 N–H and O–H groups in total. The molecule has 0 aromatic heterocycles. The van der Waals surface area contributed by atoms with Gasteiger partial charge in [0.2, 0.25) is 0 Å². The number of nitrogens with zero attached hydrogens (tertiary/aromatic N) is 1. The van der Waals surface area contributed by atoms with Gasteiger partial charge in [-0.15, -0.1) is 0 Å². The summed E-state index contributed by atoms with van der Waals surface area (Å²) in [7, 11) is 0. The van der Waals surface area contributed by atoms with E-state index in [0.717, 1.165) is 31.1 Å². The summed E-state index contributed by atoms with van der Waals surface area (Å²) in [5, 5.41) is 13.3. The molecule has 4 fully saturated rings. The molecule has 4 bridgehead atoms. The lowest BCUT2D eigenvalue weighted by Crippen LogP contribution is -2.64. The Hall–Kier alpha value is -1.25. The third-order valence-electron chi connectivity index (χ3n) is 10.4. The van der Waals surface area contributed by atoms with Crippen LogP contribution >= 0.6 is 11.6 Å². The molecule has 0 aromatic rings. The van der Waals surface area contributed by atoms with Crippen molar-refractivity contribution in [2.75, 3.05) is 26.4 Å². The van der Waals surface area contributed by atoms with E-state index < -0.39 is 28.5 Å². The second-order valence-electron chi connectivity index (χ2n) is 12.3. The predicted octanol–water partition coefficient (Wildman–Crippen LogP) is 4.66. The van der Waals surface area contributed by atoms with E-state index in [-0.39, 0.29) is 37.0 Å². The number of ether oxygens (including phenoxy) is 2. The van der Waals surface area contributed by atoms with Gasteiger partial charge in [-0.25, -0.2) is 0 Å². The average molecular weight is 522 g/mol. The van der Waals surface area contributed by atoms with Gasteiger partial charge in [0.05, 0.1) is 31.2 Å². The largest absolute Gasteiger partial charge is 0.481 e. The lowest BCUT2D eigenvalue weighted by molar-refractivity contribution is -0.289. The van der Waals surface area contributed by atoms with E-state index in [1.165, 1.54) is 0 Å². The van der Waals surface area contributed by atoms with Gasteiger partial charge >= 0.3 is 5.97 Å². The zero-order valence-electron chi connectivity index (χ0n) is 21.9.